The first-order valence-electron chi connectivity index (χ1n) is 12.1. The van der Waals surface area contributed by atoms with E-state index >= 15 is 0 Å². The molecule has 0 aliphatic carbocycles. The molecule has 3 aromatic carbocycles. The Balaban J connectivity index is 1.47. The Bertz CT molecular complexity index is 1450. The van der Waals surface area contributed by atoms with E-state index < -0.39 is 5.82 Å². The van der Waals surface area contributed by atoms with Gasteiger partial charge in [0.1, 0.15) is 23.5 Å². The summed E-state index contributed by atoms with van der Waals surface area (Å²) in [5, 5.41) is 22.1. The Kier molecular flexibility index (Phi) is 6.97. The average molecular weight is 496 g/mol. The van der Waals surface area contributed by atoms with Crippen molar-refractivity contribution in [1.82, 2.24) is 20.2 Å². The van der Waals surface area contributed by atoms with E-state index in [2.05, 4.69) is 20.2 Å². The number of imidazole rings is 1. The topological polar surface area (TPSA) is 105 Å². The second-order valence-corrected chi connectivity index (χ2v) is 9.13. The van der Waals surface area contributed by atoms with Crippen LogP contribution in [0.3, 0.4) is 0 Å². The van der Waals surface area contributed by atoms with Crippen LogP contribution in [0.2, 0.25) is 0 Å². The third kappa shape index (κ3) is 5.37. The van der Waals surface area contributed by atoms with Gasteiger partial charge < -0.3 is 15.4 Å². The number of nitrogens with one attached hydrogen (secondary N) is 2. The molecule has 1 aliphatic rings. The maximum absolute atomic E-state index is 14.1. The normalized spacial score (nSPS) is 15.9. The van der Waals surface area contributed by atoms with E-state index in [4.69, 9.17) is 5.26 Å². The SMILES string of the molecule is N#Cc1ccc(Cc2ncc(CN(C3CCNC3=O)C(c3ccccc3)c3cccc(O)c3)[nH]2)cc1F. The van der Waals surface area contributed by atoms with E-state index in [9.17, 15) is 14.3 Å². The minimum atomic E-state index is -0.554. The number of carbonyl (C=O) groups is 1. The lowest BCUT2D eigenvalue weighted by atomic mass is 9.94. The predicted octanol–water partition coefficient (Wildman–Crippen LogP) is 4.20. The van der Waals surface area contributed by atoms with Gasteiger partial charge in [-0.1, -0.05) is 48.5 Å². The van der Waals surface area contributed by atoms with Gasteiger partial charge in [-0.3, -0.25) is 9.69 Å². The lowest BCUT2D eigenvalue weighted by Gasteiger charge is -2.35. The quantitative estimate of drug-likeness (QED) is 0.340. The van der Waals surface area contributed by atoms with Gasteiger partial charge in [-0.2, -0.15) is 5.26 Å². The number of phenols is 1. The number of hydrogen-bond acceptors (Lipinski definition) is 5. The second kappa shape index (κ2) is 10.6. The number of aromatic hydroxyl groups is 1. The number of rotatable bonds is 8. The molecule has 1 saturated heterocycles. The Hall–Kier alpha value is -4.48. The van der Waals surface area contributed by atoms with Gasteiger partial charge in [0.05, 0.1) is 17.6 Å². The van der Waals surface area contributed by atoms with E-state index in [1.165, 1.54) is 12.1 Å². The first-order chi connectivity index (χ1) is 18.0. The zero-order chi connectivity index (χ0) is 25.8. The van der Waals surface area contributed by atoms with E-state index in [-0.39, 0.29) is 29.3 Å². The Morgan fingerprint density at radius 3 is 2.62 bits per heavy atom. The molecule has 0 radical (unpaired) electrons. The van der Waals surface area contributed by atoms with Gasteiger partial charge >= 0.3 is 0 Å². The summed E-state index contributed by atoms with van der Waals surface area (Å²) in [4.78, 5) is 22.8. The number of halogens is 1. The molecule has 5 rings (SSSR count). The molecule has 3 N–H and O–H groups in total. The minimum absolute atomic E-state index is 0.00766. The van der Waals surface area contributed by atoms with Crippen molar-refractivity contribution < 1.29 is 14.3 Å². The summed E-state index contributed by atoms with van der Waals surface area (Å²) < 4.78 is 14.1. The number of amides is 1. The molecule has 2 atom stereocenters. The molecule has 0 saturated carbocycles. The summed E-state index contributed by atoms with van der Waals surface area (Å²) in [7, 11) is 0. The van der Waals surface area contributed by atoms with Crippen LogP contribution >= 0.6 is 0 Å². The van der Waals surface area contributed by atoms with Crippen LogP contribution in [-0.2, 0) is 17.8 Å². The number of benzene rings is 3. The second-order valence-electron chi connectivity index (χ2n) is 9.13. The Morgan fingerprint density at radius 2 is 1.92 bits per heavy atom. The van der Waals surface area contributed by atoms with E-state index in [0.717, 1.165) is 16.8 Å². The van der Waals surface area contributed by atoms with E-state index in [1.807, 2.05) is 42.5 Å². The zero-order valence-electron chi connectivity index (χ0n) is 20.1. The first kappa shape index (κ1) is 24.2. The summed E-state index contributed by atoms with van der Waals surface area (Å²) in [6.45, 7) is 1.00. The molecular weight excluding hydrogens is 469 g/mol. The van der Waals surface area contributed by atoms with E-state index in [0.29, 0.717) is 37.3 Å². The largest absolute Gasteiger partial charge is 0.508 e. The van der Waals surface area contributed by atoms with Crippen LogP contribution in [0, 0.1) is 17.1 Å². The molecule has 8 heteroatoms. The Labute approximate surface area is 214 Å². The molecule has 37 heavy (non-hydrogen) atoms. The van der Waals surface area contributed by atoms with Gasteiger partial charge in [-0.15, -0.1) is 0 Å². The summed E-state index contributed by atoms with van der Waals surface area (Å²) in [6.07, 6.45) is 2.77. The number of nitrogens with zero attached hydrogens (tertiary/aromatic N) is 3. The molecule has 0 spiro atoms. The van der Waals surface area contributed by atoms with Crippen molar-refractivity contribution in [2.75, 3.05) is 6.54 Å². The number of aromatic nitrogens is 2. The van der Waals surface area contributed by atoms with Crippen molar-refractivity contribution in [3.8, 4) is 11.8 Å². The van der Waals surface area contributed by atoms with Gasteiger partial charge in [0.25, 0.3) is 0 Å². The highest BCUT2D eigenvalue weighted by molar-refractivity contribution is 5.83. The molecule has 1 aliphatic heterocycles. The monoisotopic (exact) mass is 495 g/mol. The molecular formula is C29H26FN5O2. The highest BCUT2D eigenvalue weighted by Gasteiger charge is 2.36. The minimum Gasteiger partial charge on any atom is -0.508 e. The number of nitriles is 1. The van der Waals surface area contributed by atoms with Gasteiger partial charge in [0.2, 0.25) is 5.91 Å². The smallest absolute Gasteiger partial charge is 0.237 e. The average Bonchev–Trinajstić information content (AvgIpc) is 3.53. The van der Waals surface area contributed by atoms with Crippen LogP contribution in [0.1, 0.15) is 46.2 Å². The fraction of sp³-hybridized carbons (Fsp3) is 0.207. The van der Waals surface area contributed by atoms with Crippen LogP contribution in [0.25, 0.3) is 0 Å². The standard InChI is InChI=1S/C29H26FN5O2/c30-25-13-19(9-10-22(25)16-31)14-27-33-17-23(34-27)18-35(26-11-12-32-29(26)37)28(20-5-2-1-3-6-20)21-7-4-8-24(36)15-21/h1-10,13,15,17,26,28,36H,11-12,14,18H2,(H,32,37)(H,33,34). The van der Waals surface area contributed by atoms with Gasteiger partial charge in [0.15, 0.2) is 0 Å². The summed E-state index contributed by atoms with van der Waals surface area (Å²) in [5.74, 6) is 0.229. The molecule has 4 aromatic rings. The Morgan fingerprint density at radius 1 is 1.11 bits per heavy atom. The number of phenolic OH excluding ortho intramolecular Hbond substituents is 1. The fourth-order valence-corrected chi connectivity index (χ4v) is 4.91. The molecule has 1 fully saturated rings. The van der Waals surface area contributed by atoms with Crippen molar-refractivity contribution in [2.45, 2.75) is 31.5 Å². The van der Waals surface area contributed by atoms with Gasteiger partial charge in [-0.05, 0) is 47.4 Å². The lowest BCUT2D eigenvalue weighted by Crippen LogP contribution is -2.43. The van der Waals surface area contributed by atoms with Crippen molar-refractivity contribution in [3.63, 3.8) is 0 Å². The maximum Gasteiger partial charge on any atom is 0.237 e. The van der Waals surface area contributed by atoms with Crippen LogP contribution < -0.4 is 5.32 Å². The van der Waals surface area contributed by atoms with Crippen LogP contribution in [0.15, 0.2) is 79.0 Å². The number of hydrogen-bond donors (Lipinski definition) is 3. The number of aromatic amines is 1. The molecule has 2 heterocycles. The van der Waals surface area contributed by atoms with Gasteiger partial charge in [-0.25, -0.2) is 9.37 Å². The predicted molar refractivity (Wildman–Crippen MR) is 136 cm³/mol. The van der Waals surface area contributed by atoms with Crippen molar-refractivity contribution in [3.05, 3.63) is 119 Å². The van der Waals surface area contributed by atoms with Gasteiger partial charge in [0, 0.05) is 31.4 Å². The molecule has 0 bridgehead atoms. The molecule has 1 amide bonds. The number of carbonyl (C=O) groups excluding carboxylic acids is 1. The maximum atomic E-state index is 14.1. The van der Waals surface area contributed by atoms with Crippen molar-refractivity contribution in [1.29, 1.82) is 5.26 Å². The molecule has 7 nitrogen and oxygen atoms in total. The van der Waals surface area contributed by atoms with Crippen LogP contribution in [-0.4, -0.2) is 38.5 Å². The zero-order valence-corrected chi connectivity index (χ0v) is 20.1. The van der Waals surface area contributed by atoms with Crippen LogP contribution in [0.4, 0.5) is 4.39 Å². The van der Waals surface area contributed by atoms with Crippen molar-refractivity contribution in [2.24, 2.45) is 0 Å². The van der Waals surface area contributed by atoms with Crippen LogP contribution in [0.5, 0.6) is 5.75 Å². The highest BCUT2D eigenvalue weighted by atomic mass is 19.1. The number of H-pyrrole nitrogens is 1. The molecule has 1 aromatic heterocycles. The first-order valence-corrected chi connectivity index (χ1v) is 12.1. The summed E-state index contributed by atoms with van der Waals surface area (Å²) in [6, 6.07) is 22.7. The summed E-state index contributed by atoms with van der Waals surface area (Å²) >= 11 is 0. The highest BCUT2D eigenvalue weighted by Crippen LogP contribution is 2.34. The third-order valence-electron chi connectivity index (χ3n) is 6.61. The summed E-state index contributed by atoms with van der Waals surface area (Å²) in [5.41, 5.74) is 3.39. The lowest BCUT2D eigenvalue weighted by molar-refractivity contribution is -0.124. The van der Waals surface area contributed by atoms with Crippen molar-refractivity contribution >= 4 is 5.91 Å². The molecule has 186 valence electrons. The fourth-order valence-electron chi connectivity index (χ4n) is 4.91. The molecule has 2 unspecified atom stereocenters. The third-order valence-corrected chi connectivity index (χ3v) is 6.61. The van der Waals surface area contributed by atoms with E-state index in [1.54, 1.807) is 30.5 Å².